The van der Waals surface area contributed by atoms with E-state index in [1.807, 2.05) is 0 Å². The van der Waals surface area contributed by atoms with Gasteiger partial charge in [0.2, 0.25) is 0 Å². The zero-order valence-electron chi connectivity index (χ0n) is 8.46. The molecule has 0 saturated carbocycles. The Morgan fingerprint density at radius 3 is 3.08 bits per heavy atom. The number of likely N-dealkylation sites (N-methyl/N-ethyl adjacent to an activating group) is 1. The van der Waals surface area contributed by atoms with Gasteiger partial charge in [-0.25, -0.2) is 0 Å². The minimum atomic E-state index is 0.102. The van der Waals surface area contributed by atoms with Crippen LogP contribution in [-0.4, -0.2) is 43.3 Å². The van der Waals surface area contributed by atoms with Crippen molar-refractivity contribution >= 4 is 0 Å². The molecule has 76 valence electrons. The summed E-state index contributed by atoms with van der Waals surface area (Å²) < 4.78 is 5.93. The van der Waals surface area contributed by atoms with Crippen LogP contribution < -0.4 is 5.73 Å². The first-order valence-electron chi connectivity index (χ1n) is 5.28. The van der Waals surface area contributed by atoms with Crippen molar-refractivity contribution in [1.82, 2.24) is 4.90 Å². The molecule has 2 saturated heterocycles. The second-order valence-corrected chi connectivity index (χ2v) is 4.63. The Hall–Kier alpha value is -0.120. The minimum Gasteiger partial charge on any atom is -0.374 e. The van der Waals surface area contributed by atoms with E-state index in [-0.39, 0.29) is 5.60 Å². The maximum atomic E-state index is 5.99. The summed E-state index contributed by atoms with van der Waals surface area (Å²) in [5, 5.41) is 0. The van der Waals surface area contributed by atoms with Gasteiger partial charge in [-0.2, -0.15) is 0 Å². The van der Waals surface area contributed by atoms with Crippen molar-refractivity contribution in [1.29, 1.82) is 0 Å². The van der Waals surface area contributed by atoms with E-state index in [1.165, 1.54) is 19.4 Å². The summed E-state index contributed by atoms with van der Waals surface area (Å²) in [5.74, 6) is 0. The lowest BCUT2D eigenvalue weighted by molar-refractivity contribution is -0.117. The summed E-state index contributed by atoms with van der Waals surface area (Å²) in [6.07, 6.45) is 4.54. The molecular weight excluding hydrogens is 164 g/mol. The number of hydrogen-bond acceptors (Lipinski definition) is 3. The number of piperidine rings is 1. The number of nitrogens with zero attached hydrogens (tertiary/aromatic N) is 1. The van der Waals surface area contributed by atoms with Crippen molar-refractivity contribution < 1.29 is 4.74 Å². The molecule has 0 bridgehead atoms. The third kappa shape index (κ3) is 2.03. The summed E-state index contributed by atoms with van der Waals surface area (Å²) >= 11 is 0. The van der Waals surface area contributed by atoms with E-state index in [4.69, 9.17) is 10.5 Å². The fourth-order valence-corrected chi connectivity index (χ4v) is 2.67. The maximum Gasteiger partial charge on any atom is 0.0823 e. The average molecular weight is 184 g/mol. The molecule has 0 aromatic carbocycles. The van der Waals surface area contributed by atoms with Crippen LogP contribution in [0.25, 0.3) is 0 Å². The summed E-state index contributed by atoms with van der Waals surface area (Å²) in [4.78, 5) is 2.36. The van der Waals surface area contributed by atoms with Gasteiger partial charge in [-0.3, -0.25) is 0 Å². The minimum absolute atomic E-state index is 0.102. The zero-order valence-corrected chi connectivity index (χ0v) is 8.46. The van der Waals surface area contributed by atoms with Gasteiger partial charge in [-0.05, 0) is 39.3 Å². The third-order valence-electron chi connectivity index (χ3n) is 3.26. The lowest BCUT2D eigenvalue weighted by Crippen LogP contribution is -2.54. The van der Waals surface area contributed by atoms with Gasteiger partial charge in [-0.1, -0.05) is 0 Å². The monoisotopic (exact) mass is 184 g/mol. The van der Waals surface area contributed by atoms with Gasteiger partial charge in [0.1, 0.15) is 0 Å². The molecule has 0 unspecified atom stereocenters. The molecular formula is C10H20N2O. The Morgan fingerprint density at radius 2 is 2.38 bits per heavy atom. The second-order valence-electron chi connectivity index (χ2n) is 4.63. The quantitative estimate of drug-likeness (QED) is 0.599. The highest BCUT2D eigenvalue weighted by Crippen LogP contribution is 2.32. The molecule has 1 spiro atoms. The van der Waals surface area contributed by atoms with Crippen LogP contribution in [0.2, 0.25) is 0 Å². The standard InChI is InChI=1S/C10H20N2O/c1-12-5-2-4-10(8-12)7-9(11)3-6-13-10/h9H,2-8,11H2,1H3/t9-,10+/m0/s1. The van der Waals surface area contributed by atoms with E-state index in [9.17, 15) is 0 Å². The lowest BCUT2D eigenvalue weighted by Gasteiger charge is -2.45. The summed E-state index contributed by atoms with van der Waals surface area (Å²) in [7, 11) is 2.17. The van der Waals surface area contributed by atoms with Gasteiger partial charge in [-0.15, -0.1) is 0 Å². The molecule has 2 rings (SSSR count). The molecule has 0 aromatic rings. The molecule has 3 heteroatoms. The molecule has 0 aliphatic carbocycles. The van der Waals surface area contributed by atoms with Gasteiger partial charge in [0, 0.05) is 19.2 Å². The highest BCUT2D eigenvalue weighted by Gasteiger charge is 2.39. The smallest absolute Gasteiger partial charge is 0.0823 e. The van der Waals surface area contributed by atoms with E-state index < -0.39 is 0 Å². The van der Waals surface area contributed by atoms with Gasteiger partial charge in [0.25, 0.3) is 0 Å². The highest BCUT2D eigenvalue weighted by atomic mass is 16.5. The summed E-state index contributed by atoms with van der Waals surface area (Å²) in [6.45, 7) is 3.13. The largest absolute Gasteiger partial charge is 0.374 e. The highest BCUT2D eigenvalue weighted by molar-refractivity contribution is 4.93. The Balaban J connectivity index is 2.00. The predicted octanol–water partition coefficient (Wildman–Crippen LogP) is 0.588. The van der Waals surface area contributed by atoms with Gasteiger partial charge in [0.15, 0.2) is 0 Å². The first-order valence-corrected chi connectivity index (χ1v) is 5.28. The van der Waals surface area contributed by atoms with Gasteiger partial charge in [0.05, 0.1) is 5.60 Å². The van der Waals surface area contributed by atoms with E-state index in [1.54, 1.807) is 0 Å². The average Bonchev–Trinajstić information content (AvgIpc) is 2.02. The van der Waals surface area contributed by atoms with Gasteiger partial charge < -0.3 is 15.4 Å². The van der Waals surface area contributed by atoms with Crippen molar-refractivity contribution in [3.63, 3.8) is 0 Å². The van der Waals surface area contributed by atoms with Crippen molar-refractivity contribution in [3.05, 3.63) is 0 Å². The summed E-state index contributed by atoms with van der Waals surface area (Å²) in [6, 6.07) is 0.361. The van der Waals surface area contributed by atoms with Crippen LogP contribution in [0.4, 0.5) is 0 Å². The fourth-order valence-electron chi connectivity index (χ4n) is 2.67. The van der Waals surface area contributed by atoms with Crippen LogP contribution in [0.3, 0.4) is 0 Å². The topological polar surface area (TPSA) is 38.5 Å². The molecule has 2 fully saturated rings. The molecule has 13 heavy (non-hydrogen) atoms. The molecule has 2 heterocycles. The number of hydrogen-bond donors (Lipinski definition) is 1. The van der Waals surface area contributed by atoms with Crippen molar-refractivity contribution in [2.75, 3.05) is 26.7 Å². The molecule has 2 N–H and O–H groups in total. The number of ether oxygens (including phenoxy) is 1. The van der Waals surface area contributed by atoms with Crippen molar-refractivity contribution in [2.24, 2.45) is 5.73 Å². The maximum absolute atomic E-state index is 5.99. The Bertz CT molecular complexity index is 164. The predicted molar refractivity (Wildman–Crippen MR) is 52.6 cm³/mol. The lowest BCUT2D eigenvalue weighted by atomic mass is 9.84. The van der Waals surface area contributed by atoms with E-state index >= 15 is 0 Å². The summed E-state index contributed by atoms with van der Waals surface area (Å²) in [5.41, 5.74) is 6.09. The molecule has 2 aliphatic heterocycles. The van der Waals surface area contributed by atoms with Crippen LogP contribution in [0, 0.1) is 0 Å². The zero-order chi connectivity index (χ0) is 9.31. The van der Waals surface area contributed by atoms with E-state index in [0.29, 0.717) is 6.04 Å². The van der Waals surface area contributed by atoms with Crippen LogP contribution >= 0.6 is 0 Å². The Labute approximate surface area is 80.2 Å². The van der Waals surface area contributed by atoms with Crippen LogP contribution in [-0.2, 0) is 4.74 Å². The molecule has 0 aromatic heterocycles. The molecule has 2 atom stereocenters. The molecule has 2 aliphatic rings. The fraction of sp³-hybridized carbons (Fsp3) is 1.00. The van der Waals surface area contributed by atoms with Crippen molar-refractivity contribution in [2.45, 2.75) is 37.3 Å². The Kier molecular flexibility index (Phi) is 2.58. The second kappa shape index (κ2) is 3.56. The first-order chi connectivity index (χ1) is 6.20. The van der Waals surface area contributed by atoms with E-state index in [2.05, 4.69) is 11.9 Å². The molecule has 3 nitrogen and oxygen atoms in total. The SMILES string of the molecule is CN1CCC[C@@]2(C[C@@H](N)CCO2)C1. The third-order valence-corrected chi connectivity index (χ3v) is 3.26. The molecule has 0 amide bonds. The van der Waals surface area contributed by atoms with Crippen molar-refractivity contribution in [3.8, 4) is 0 Å². The number of nitrogens with two attached hydrogens (primary N) is 1. The van der Waals surface area contributed by atoms with Gasteiger partial charge >= 0.3 is 0 Å². The number of rotatable bonds is 0. The van der Waals surface area contributed by atoms with E-state index in [0.717, 1.165) is 26.0 Å². The van der Waals surface area contributed by atoms with Crippen LogP contribution in [0.1, 0.15) is 25.7 Å². The normalized spacial score (nSPS) is 42.5. The molecule has 0 radical (unpaired) electrons. The Morgan fingerprint density at radius 1 is 1.54 bits per heavy atom. The number of likely N-dealkylation sites (tertiary alicyclic amines) is 1. The first kappa shape index (κ1) is 9.44. The van der Waals surface area contributed by atoms with Crippen LogP contribution in [0.5, 0.6) is 0 Å². The van der Waals surface area contributed by atoms with Crippen LogP contribution in [0.15, 0.2) is 0 Å².